The molecule has 0 amide bonds. The number of ether oxygens (including phenoxy) is 3. The molecule has 6 aromatic rings. The third-order valence-corrected chi connectivity index (χ3v) is 14.1. The molecular formula is C52H55ClFN7O6S. The van der Waals surface area contributed by atoms with Crippen molar-refractivity contribution in [3.05, 3.63) is 135 Å². The second kappa shape index (κ2) is 22.4. The largest absolute Gasteiger partial charge is 0.496 e. The lowest BCUT2D eigenvalue weighted by atomic mass is 9.92. The highest BCUT2D eigenvalue weighted by Crippen LogP contribution is 2.50. The number of nitrogens with zero attached hydrogens (tertiary/aromatic N) is 7. The van der Waals surface area contributed by atoms with Gasteiger partial charge in [-0.05, 0) is 96.4 Å². The van der Waals surface area contributed by atoms with Gasteiger partial charge in [0.2, 0.25) is 12.0 Å². The number of rotatable bonds is 14. The van der Waals surface area contributed by atoms with Gasteiger partial charge in [0.15, 0.2) is 5.82 Å². The number of aliphatic carboxylic acids is 1. The Morgan fingerprint density at radius 3 is 2.40 bits per heavy atom. The number of aliphatic hydroxyl groups excluding tert-OH is 1. The van der Waals surface area contributed by atoms with Crippen LogP contribution in [-0.4, -0.2) is 126 Å². The summed E-state index contributed by atoms with van der Waals surface area (Å²) in [6.45, 7) is 13.3. The zero-order valence-corrected chi connectivity index (χ0v) is 40.0. The topological polar surface area (TPSA) is 145 Å². The van der Waals surface area contributed by atoms with Crippen molar-refractivity contribution in [2.45, 2.75) is 45.6 Å². The van der Waals surface area contributed by atoms with Gasteiger partial charge in [0.05, 0.1) is 30.5 Å². The summed E-state index contributed by atoms with van der Waals surface area (Å²) in [6, 6.07) is 25.5. The molecule has 4 aromatic carbocycles. The van der Waals surface area contributed by atoms with E-state index < -0.39 is 12.1 Å². The Morgan fingerprint density at radius 1 is 0.926 bits per heavy atom. The summed E-state index contributed by atoms with van der Waals surface area (Å²) >= 11 is 8.73. The summed E-state index contributed by atoms with van der Waals surface area (Å²) in [5, 5.41) is 21.4. The van der Waals surface area contributed by atoms with Gasteiger partial charge in [0, 0.05) is 87.5 Å². The third-order valence-electron chi connectivity index (χ3n) is 12.4. The number of carboxylic acids is 1. The monoisotopic (exact) mass is 959 g/mol. The van der Waals surface area contributed by atoms with Crippen LogP contribution in [0.25, 0.3) is 33.0 Å². The fourth-order valence-corrected chi connectivity index (χ4v) is 10.2. The minimum Gasteiger partial charge on any atom is -0.496 e. The number of aromatic nitrogens is 2. The molecule has 1 fully saturated rings. The van der Waals surface area contributed by atoms with Gasteiger partial charge >= 0.3 is 5.97 Å². The molecule has 5 heterocycles. The maximum absolute atomic E-state index is 14.3. The van der Waals surface area contributed by atoms with E-state index in [4.69, 9.17) is 30.8 Å². The first-order chi connectivity index (χ1) is 33.1. The van der Waals surface area contributed by atoms with E-state index in [1.807, 2.05) is 61.5 Å². The van der Waals surface area contributed by atoms with Crippen molar-refractivity contribution in [3.8, 4) is 44.5 Å². The smallest absolute Gasteiger partial charge is 0.345 e. The van der Waals surface area contributed by atoms with E-state index in [2.05, 4.69) is 36.4 Å². The van der Waals surface area contributed by atoms with E-state index in [1.54, 1.807) is 38.6 Å². The van der Waals surface area contributed by atoms with Gasteiger partial charge in [0.25, 0.3) is 0 Å². The number of halogens is 2. The van der Waals surface area contributed by atoms with E-state index in [1.165, 1.54) is 23.5 Å². The van der Waals surface area contributed by atoms with Gasteiger partial charge in [-0.3, -0.25) is 19.8 Å². The molecule has 3 aliphatic rings. The third kappa shape index (κ3) is 11.1. The van der Waals surface area contributed by atoms with E-state index in [-0.39, 0.29) is 31.3 Å². The molecule has 16 heteroatoms. The molecule has 0 unspecified atom stereocenters. The molecule has 4 bridgehead atoms. The Hall–Kier alpha value is -6.07. The number of methoxy groups -OCH3 is 1. The lowest BCUT2D eigenvalue weighted by molar-refractivity contribution is -0.145. The van der Waals surface area contributed by atoms with Crippen LogP contribution in [0.5, 0.6) is 11.5 Å². The predicted octanol–water partition coefficient (Wildman–Crippen LogP) is 8.96. The molecule has 0 radical (unpaired) electrons. The number of carboxylic acid groups (broad SMARTS) is 1. The highest BCUT2D eigenvalue weighted by atomic mass is 35.5. The van der Waals surface area contributed by atoms with Crippen molar-refractivity contribution in [3.63, 3.8) is 0 Å². The molecule has 0 saturated carbocycles. The SMILES string of the molecule is C=Nc1sc(-c2ccc(F)cc2)c2c1C(=NC)O[C@@H](C(=O)O)Cc1cc(ccc1OCc1ccnc(-c3ccccc3OC)n1)CN(CCCN1CCN(CCO)CC1)Cc1ccc-2c(C)c1Cl. The van der Waals surface area contributed by atoms with E-state index in [9.17, 15) is 19.4 Å². The van der Waals surface area contributed by atoms with E-state index in [0.29, 0.717) is 69.4 Å². The summed E-state index contributed by atoms with van der Waals surface area (Å²) in [6.07, 6.45) is 1.08. The number of hydrogen-bond acceptors (Lipinski definition) is 13. The van der Waals surface area contributed by atoms with Crippen molar-refractivity contribution in [1.29, 1.82) is 0 Å². The first-order valence-corrected chi connectivity index (χ1v) is 23.8. The van der Waals surface area contributed by atoms with E-state index in [0.717, 1.165) is 83.9 Å². The Bertz CT molecular complexity index is 2780. The normalized spacial score (nSPS) is 16.6. The molecule has 1 atom stereocenters. The van der Waals surface area contributed by atoms with Crippen molar-refractivity contribution in [2.24, 2.45) is 9.98 Å². The number of benzene rings is 4. The fraction of sp³-hybridized carbons (Fsp3) is 0.327. The number of aliphatic imine (C=N–C) groups is 2. The number of hydrogen-bond donors (Lipinski definition) is 2. The molecule has 9 rings (SSSR count). The van der Waals surface area contributed by atoms with Gasteiger partial charge in [-0.15, -0.1) is 11.3 Å². The standard InChI is InChI=1S/C52H55ClFN7O6S/c1-33-40-16-13-36(47(33)53)31-61(21-7-20-59-22-24-60(25-23-59)26-27-62)30-34-10-17-42(66-32-39-18-19-57-49(58-39)41-8-5-6-9-43(41)65-4)37(28-34)29-44(52(63)64)67-50(55-2)46-45(40)48(68-51(46)56-3)35-11-14-38(54)15-12-35/h5-6,8-19,28,44,62H,3,7,20-27,29-32H2,1-2,4H3,(H,63,64)/t44-/m1/s1. The number of aliphatic hydroxyl groups is 1. The zero-order valence-electron chi connectivity index (χ0n) is 38.5. The van der Waals surface area contributed by atoms with Crippen LogP contribution in [0.15, 0.2) is 101 Å². The van der Waals surface area contributed by atoms with Crippen molar-refractivity contribution in [1.82, 2.24) is 24.7 Å². The second-order valence-electron chi connectivity index (χ2n) is 16.8. The molecular weight excluding hydrogens is 905 g/mol. The first kappa shape index (κ1) is 48.4. The quantitative estimate of drug-likeness (QED) is 0.101. The lowest BCUT2D eigenvalue weighted by Crippen LogP contribution is -2.47. The van der Waals surface area contributed by atoms with Gasteiger partial charge in [-0.1, -0.05) is 60.1 Å². The molecule has 1 saturated heterocycles. The minimum absolute atomic E-state index is 0.0515. The van der Waals surface area contributed by atoms with Crippen LogP contribution < -0.4 is 9.47 Å². The Labute approximate surface area is 405 Å². The zero-order chi connectivity index (χ0) is 47.7. The first-order valence-electron chi connectivity index (χ1n) is 22.6. The van der Waals surface area contributed by atoms with Gasteiger partial charge in [-0.25, -0.2) is 19.2 Å². The van der Waals surface area contributed by atoms with E-state index >= 15 is 0 Å². The highest BCUT2D eigenvalue weighted by molar-refractivity contribution is 7.20. The maximum atomic E-state index is 14.3. The maximum Gasteiger partial charge on any atom is 0.345 e. The number of β-amino-alcohol motifs (C(OH)–C–C–N with tert-alkyl or cyclic N) is 1. The summed E-state index contributed by atoms with van der Waals surface area (Å²) in [5.41, 5.74) is 7.30. The summed E-state index contributed by atoms with van der Waals surface area (Å²) in [4.78, 5) is 39.5. The number of fused-ring (bicyclic) bond motifs is 7. The highest BCUT2D eigenvalue weighted by Gasteiger charge is 2.32. The van der Waals surface area contributed by atoms with Crippen LogP contribution >= 0.6 is 22.9 Å². The number of thiophene rings is 1. The van der Waals surface area contributed by atoms with Crippen LogP contribution in [0, 0.1) is 12.7 Å². The Balaban J connectivity index is 1.19. The molecule has 68 heavy (non-hydrogen) atoms. The molecule has 3 aliphatic heterocycles. The van der Waals surface area contributed by atoms with Crippen molar-refractivity contribution < 1.29 is 33.6 Å². The minimum atomic E-state index is -1.42. The van der Waals surface area contributed by atoms with Crippen LogP contribution in [0.1, 0.15) is 39.9 Å². The number of para-hydroxylation sites is 1. The van der Waals surface area contributed by atoms with Crippen LogP contribution in [0.3, 0.4) is 0 Å². The van der Waals surface area contributed by atoms with Crippen molar-refractivity contribution in [2.75, 3.05) is 66.6 Å². The average Bonchev–Trinajstić information content (AvgIpc) is 3.73. The second-order valence-corrected chi connectivity index (χ2v) is 18.2. The molecule has 354 valence electrons. The fourth-order valence-electron chi connectivity index (χ4n) is 8.89. The molecule has 0 aliphatic carbocycles. The van der Waals surface area contributed by atoms with Gasteiger partial charge < -0.3 is 29.3 Å². The van der Waals surface area contributed by atoms with Gasteiger partial charge in [-0.2, -0.15) is 0 Å². The van der Waals surface area contributed by atoms with Gasteiger partial charge in [0.1, 0.15) is 28.9 Å². The Morgan fingerprint density at radius 2 is 1.68 bits per heavy atom. The number of carbonyl (C=O) groups is 1. The van der Waals surface area contributed by atoms with Crippen LogP contribution in [0.2, 0.25) is 5.02 Å². The molecule has 2 aromatic heterocycles. The summed E-state index contributed by atoms with van der Waals surface area (Å²) in [7, 11) is 3.15. The molecule has 0 spiro atoms. The molecule has 13 nitrogen and oxygen atoms in total. The van der Waals surface area contributed by atoms with Crippen LogP contribution in [0.4, 0.5) is 9.39 Å². The number of piperazine rings is 1. The summed E-state index contributed by atoms with van der Waals surface area (Å²) in [5.74, 6) is 0.0653. The summed E-state index contributed by atoms with van der Waals surface area (Å²) < 4.78 is 32.9. The predicted molar refractivity (Wildman–Crippen MR) is 266 cm³/mol. The van der Waals surface area contributed by atoms with Crippen LogP contribution in [-0.2, 0) is 35.6 Å². The average molecular weight is 961 g/mol. The Kier molecular flexibility index (Phi) is 15.9. The van der Waals surface area contributed by atoms with Crippen molar-refractivity contribution >= 4 is 46.5 Å². The molecule has 2 N–H and O–H groups in total. The lowest BCUT2D eigenvalue weighted by Gasteiger charge is -2.34.